The summed E-state index contributed by atoms with van der Waals surface area (Å²) < 4.78 is 0. The van der Waals surface area contributed by atoms with E-state index in [0.717, 1.165) is 31.5 Å². The third-order valence-corrected chi connectivity index (χ3v) is 4.37. The van der Waals surface area contributed by atoms with Crippen LogP contribution in [0.2, 0.25) is 0 Å². The summed E-state index contributed by atoms with van der Waals surface area (Å²) in [7, 11) is 0. The van der Waals surface area contributed by atoms with E-state index in [9.17, 15) is 4.79 Å². The van der Waals surface area contributed by atoms with Crippen LogP contribution in [0.15, 0.2) is 0 Å². The van der Waals surface area contributed by atoms with E-state index in [2.05, 4.69) is 17.1 Å². The summed E-state index contributed by atoms with van der Waals surface area (Å²) in [5, 5.41) is 3.38. The first kappa shape index (κ1) is 12.2. The van der Waals surface area contributed by atoms with E-state index in [-0.39, 0.29) is 12.4 Å². The summed E-state index contributed by atoms with van der Waals surface area (Å²) in [4.78, 5) is 14.3. The van der Waals surface area contributed by atoms with Crippen molar-refractivity contribution in [2.24, 2.45) is 17.8 Å². The zero-order valence-corrected chi connectivity index (χ0v) is 10.6. The quantitative estimate of drug-likeness (QED) is 0.754. The first-order chi connectivity index (χ1) is 7.27. The summed E-state index contributed by atoms with van der Waals surface area (Å²) >= 11 is 0. The normalized spacial score (nSPS) is 41.2. The molecule has 2 aliphatic carbocycles. The minimum atomic E-state index is 0. The number of carbonyl (C=O) groups excluding carboxylic acids is 1. The average molecular weight is 245 g/mol. The first-order valence-corrected chi connectivity index (χ1v) is 6.29. The van der Waals surface area contributed by atoms with E-state index >= 15 is 0 Å². The zero-order chi connectivity index (χ0) is 10.4. The van der Waals surface area contributed by atoms with Gasteiger partial charge in [0.2, 0.25) is 5.91 Å². The van der Waals surface area contributed by atoms with E-state index in [1.165, 1.54) is 19.3 Å². The number of nitrogens with zero attached hydrogens (tertiary/aromatic N) is 1. The summed E-state index contributed by atoms with van der Waals surface area (Å²) in [5.74, 6) is 2.41. The number of hydrogen-bond donors (Lipinski definition) is 1. The average Bonchev–Trinajstić information content (AvgIpc) is 2.70. The Balaban J connectivity index is 0.000000963. The molecule has 2 saturated carbocycles. The standard InChI is InChI=1S/C12H20N2O.ClH/c1-8-7-14(6-5-13-8)12(15)11-9-3-2-4-10(9)11;/h8-11,13H,2-7H2,1H3;1H. The van der Waals surface area contributed by atoms with Crippen molar-refractivity contribution >= 4 is 18.3 Å². The Hall–Kier alpha value is -0.280. The van der Waals surface area contributed by atoms with Crippen molar-refractivity contribution < 1.29 is 4.79 Å². The number of halogens is 1. The molecule has 1 N–H and O–H groups in total. The minimum Gasteiger partial charge on any atom is -0.340 e. The van der Waals surface area contributed by atoms with Crippen LogP contribution in [0.1, 0.15) is 26.2 Å². The van der Waals surface area contributed by atoms with Gasteiger partial charge in [-0.25, -0.2) is 0 Å². The van der Waals surface area contributed by atoms with Crippen LogP contribution in [0.5, 0.6) is 0 Å². The van der Waals surface area contributed by atoms with Crippen LogP contribution < -0.4 is 5.32 Å². The van der Waals surface area contributed by atoms with Crippen molar-refractivity contribution in [3.63, 3.8) is 0 Å². The third kappa shape index (κ3) is 1.95. The summed E-state index contributed by atoms with van der Waals surface area (Å²) in [5.41, 5.74) is 0. The fourth-order valence-corrected chi connectivity index (χ4v) is 3.53. The largest absolute Gasteiger partial charge is 0.340 e. The number of fused-ring (bicyclic) bond motifs is 1. The summed E-state index contributed by atoms with van der Waals surface area (Å²) in [6.07, 6.45) is 3.97. The van der Waals surface area contributed by atoms with Gasteiger partial charge in [-0.3, -0.25) is 4.79 Å². The van der Waals surface area contributed by atoms with Crippen LogP contribution in [-0.2, 0) is 4.79 Å². The van der Waals surface area contributed by atoms with Gasteiger partial charge in [0.1, 0.15) is 0 Å². The molecule has 3 fully saturated rings. The van der Waals surface area contributed by atoms with E-state index in [1.807, 2.05) is 0 Å². The van der Waals surface area contributed by atoms with Crippen molar-refractivity contribution in [1.29, 1.82) is 0 Å². The van der Waals surface area contributed by atoms with Gasteiger partial charge in [0, 0.05) is 31.6 Å². The van der Waals surface area contributed by atoms with Gasteiger partial charge in [-0.15, -0.1) is 12.4 Å². The van der Waals surface area contributed by atoms with Crippen LogP contribution in [0.4, 0.5) is 0 Å². The van der Waals surface area contributed by atoms with Crippen LogP contribution >= 0.6 is 12.4 Å². The fraction of sp³-hybridized carbons (Fsp3) is 0.917. The maximum Gasteiger partial charge on any atom is 0.226 e. The molecule has 1 heterocycles. The highest BCUT2D eigenvalue weighted by molar-refractivity contribution is 5.85. The monoisotopic (exact) mass is 244 g/mol. The van der Waals surface area contributed by atoms with E-state index in [4.69, 9.17) is 0 Å². The maximum absolute atomic E-state index is 12.2. The lowest BCUT2D eigenvalue weighted by Crippen LogP contribution is -2.52. The molecule has 3 unspecified atom stereocenters. The highest BCUT2D eigenvalue weighted by Crippen LogP contribution is 2.58. The number of carbonyl (C=O) groups is 1. The highest BCUT2D eigenvalue weighted by Gasteiger charge is 2.57. The predicted molar refractivity (Wildman–Crippen MR) is 65.6 cm³/mol. The predicted octanol–water partition coefficient (Wildman–Crippen LogP) is 1.27. The lowest BCUT2D eigenvalue weighted by molar-refractivity contribution is -0.134. The van der Waals surface area contributed by atoms with E-state index in [0.29, 0.717) is 17.9 Å². The molecule has 0 aromatic carbocycles. The number of rotatable bonds is 1. The molecule has 92 valence electrons. The molecule has 1 saturated heterocycles. The van der Waals surface area contributed by atoms with E-state index in [1.54, 1.807) is 0 Å². The van der Waals surface area contributed by atoms with Crippen molar-refractivity contribution in [3.05, 3.63) is 0 Å². The lowest BCUT2D eigenvalue weighted by atomic mass is 10.1. The molecule has 16 heavy (non-hydrogen) atoms. The van der Waals surface area contributed by atoms with Crippen molar-refractivity contribution in [2.75, 3.05) is 19.6 Å². The molecule has 0 bridgehead atoms. The first-order valence-electron chi connectivity index (χ1n) is 6.29. The second-order valence-corrected chi connectivity index (χ2v) is 5.42. The Labute approximate surface area is 103 Å². The molecule has 0 spiro atoms. The Morgan fingerprint density at radius 1 is 1.31 bits per heavy atom. The second kappa shape index (κ2) is 4.53. The van der Waals surface area contributed by atoms with Crippen LogP contribution in [0.3, 0.4) is 0 Å². The zero-order valence-electron chi connectivity index (χ0n) is 9.82. The third-order valence-electron chi connectivity index (χ3n) is 4.37. The van der Waals surface area contributed by atoms with Gasteiger partial charge in [0.15, 0.2) is 0 Å². The smallest absolute Gasteiger partial charge is 0.226 e. The highest BCUT2D eigenvalue weighted by atomic mass is 35.5. The molecule has 1 amide bonds. The van der Waals surface area contributed by atoms with Gasteiger partial charge in [0.05, 0.1) is 0 Å². The molecular formula is C12H21ClN2O. The van der Waals surface area contributed by atoms with Gasteiger partial charge in [-0.05, 0) is 31.6 Å². The second-order valence-electron chi connectivity index (χ2n) is 5.42. The topological polar surface area (TPSA) is 32.3 Å². The molecule has 4 heteroatoms. The molecule has 0 aromatic rings. The fourth-order valence-electron chi connectivity index (χ4n) is 3.53. The number of hydrogen-bond acceptors (Lipinski definition) is 2. The summed E-state index contributed by atoms with van der Waals surface area (Å²) in [6.45, 7) is 4.95. The molecule has 3 nitrogen and oxygen atoms in total. The maximum atomic E-state index is 12.2. The molecule has 1 aliphatic heterocycles. The number of nitrogens with one attached hydrogen (secondary N) is 1. The number of piperazine rings is 1. The molecule has 3 aliphatic rings. The number of amides is 1. The summed E-state index contributed by atoms with van der Waals surface area (Å²) in [6, 6.07) is 0.473. The van der Waals surface area contributed by atoms with Crippen LogP contribution in [-0.4, -0.2) is 36.5 Å². The van der Waals surface area contributed by atoms with Crippen LogP contribution in [0.25, 0.3) is 0 Å². The Morgan fingerprint density at radius 2 is 2.00 bits per heavy atom. The minimum absolute atomic E-state index is 0. The van der Waals surface area contributed by atoms with Gasteiger partial charge >= 0.3 is 0 Å². The molecule has 3 rings (SSSR count). The van der Waals surface area contributed by atoms with Gasteiger partial charge < -0.3 is 10.2 Å². The van der Waals surface area contributed by atoms with Gasteiger partial charge in [-0.2, -0.15) is 0 Å². The van der Waals surface area contributed by atoms with Gasteiger partial charge in [0.25, 0.3) is 0 Å². The molecule has 3 atom stereocenters. The van der Waals surface area contributed by atoms with Crippen molar-refractivity contribution in [1.82, 2.24) is 10.2 Å². The van der Waals surface area contributed by atoms with Crippen LogP contribution in [0, 0.1) is 17.8 Å². The lowest BCUT2D eigenvalue weighted by Gasteiger charge is -2.32. The van der Waals surface area contributed by atoms with E-state index < -0.39 is 0 Å². The van der Waals surface area contributed by atoms with Crippen molar-refractivity contribution in [3.8, 4) is 0 Å². The molecule has 0 radical (unpaired) electrons. The van der Waals surface area contributed by atoms with Crippen molar-refractivity contribution in [2.45, 2.75) is 32.2 Å². The van der Waals surface area contributed by atoms with Gasteiger partial charge in [-0.1, -0.05) is 6.42 Å². The Bertz CT molecular complexity index is 274. The Kier molecular flexibility index (Phi) is 3.45. The molecular weight excluding hydrogens is 224 g/mol. The molecule has 0 aromatic heterocycles. The SMILES string of the molecule is CC1CN(C(=O)C2C3CCCC32)CCN1.Cl. The Morgan fingerprint density at radius 3 is 2.62 bits per heavy atom.